The molecule has 1 unspecified atom stereocenters. The molecule has 2 fully saturated rings. The lowest BCUT2D eigenvalue weighted by molar-refractivity contribution is 0.0476. The van der Waals surface area contributed by atoms with Gasteiger partial charge in [0.1, 0.15) is 12.9 Å². The first-order valence-electron chi connectivity index (χ1n) is 6.39. The second-order valence-corrected chi connectivity index (χ2v) is 4.73. The predicted molar refractivity (Wildman–Crippen MR) is 66.7 cm³/mol. The molecule has 19 heavy (non-hydrogen) atoms. The summed E-state index contributed by atoms with van der Waals surface area (Å²) >= 11 is 0. The molecule has 102 valence electrons. The number of amides is 2. The van der Waals surface area contributed by atoms with Crippen molar-refractivity contribution >= 4 is 11.8 Å². The average molecular weight is 264 g/mol. The van der Waals surface area contributed by atoms with E-state index in [-0.39, 0.29) is 12.1 Å². The monoisotopic (exact) mass is 264 g/mol. The highest BCUT2D eigenvalue weighted by Gasteiger charge is 2.25. The topological polar surface area (TPSA) is 85.4 Å². The summed E-state index contributed by atoms with van der Waals surface area (Å²) in [6, 6.07) is 3.37. The van der Waals surface area contributed by atoms with Crippen LogP contribution in [0.15, 0.2) is 12.1 Å². The Morgan fingerprint density at radius 3 is 2.89 bits per heavy atom. The van der Waals surface area contributed by atoms with Gasteiger partial charge >= 0.3 is 6.03 Å². The van der Waals surface area contributed by atoms with E-state index in [1.165, 1.54) is 12.8 Å². The van der Waals surface area contributed by atoms with Crippen LogP contribution < -0.4 is 10.6 Å². The average Bonchev–Trinajstić information content (AvgIpc) is 3.14. The van der Waals surface area contributed by atoms with Crippen molar-refractivity contribution in [2.24, 2.45) is 0 Å². The zero-order chi connectivity index (χ0) is 13.1. The lowest BCUT2D eigenvalue weighted by Crippen LogP contribution is -2.36. The molecule has 2 amide bonds. The van der Waals surface area contributed by atoms with Gasteiger partial charge in [-0.2, -0.15) is 5.10 Å². The Balaban J connectivity index is 1.45. The normalized spacial score (nSPS) is 22.2. The van der Waals surface area contributed by atoms with Crippen molar-refractivity contribution < 1.29 is 14.3 Å². The van der Waals surface area contributed by atoms with E-state index in [4.69, 9.17) is 9.47 Å². The fraction of sp³-hybridized carbons (Fsp3) is 0.583. The standard InChI is InChI=1S/C12H16N4O3/c17-12(13-5-9-6-18-7-19-9)14-11-4-3-10(15-16-11)8-1-2-8/h3-4,8-9H,1-2,5-7H2,(H2,13,14,16,17). The van der Waals surface area contributed by atoms with E-state index in [1.807, 2.05) is 6.07 Å². The van der Waals surface area contributed by atoms with Gasteiger partial charge in [-0.1, -0.05) is 0 Å². The lowest BCUT2D eigenvalue weighted by atomic mass is 10.3. The Morgan fingerprint density at radius 2 is 2.26 bits per heavy atom. The van der Waals surface area contributed by atoms with Gasteiger partial charge in [-0.05, 0) is 25.0 Å². The summed E-state index contributed by atoms with van der Waals surface area (Å²) in [6.45, 7) is 1.22. The number of carbonyl (C=O) groups excluding carboxylic acids is 1. The van der Waals surface area contributed by atoms with Crippen LogP contribution in [0.25, 0.3) is 0 Å². The Hall–Kier alpha value is -1.73. The molecule has 0 bridgehead atoms. The summed E-state index contributed by atoms with van der Waals surface area (Å²) in [5, 5.41) is 13.4. The van der Waals surface area contributed by atoms with Gasteiger partial charge in [0.2, 0.25) is 0 Å². The van der Waals surface area contributed by atoms with Gasteiger partial charge in [-0.3, -0.25) is 5.32 Å². The number of rotatable bonds is 4. The van der Waals surface area contributed by atoms with Crippen LogP contribution in [0.3, 0.4) is 0 Å². The number of nitrogens with one attached hydrogen (secondary N) is 2. The number of hydrogen-bond acceptors (Lipinski definition) is 5. The lowest BCUT2D eigenvalue weighted by Gasteiger charge is -2.10. The molecule has 0 aromatic carbocycles. The largest absolute Gasteiger partial charge is 0.353 e. The van der Waals surface area contributed by atoms with E-state index < -0.39 is 0 Å². The number of anilines is 1. The summed E-state index contributed by atoms with van der Waals surface area (Å²) in [5.74, 6) is 1.01. The summed E-state index contributed by atoms with van der Waals surface area (Å²) in [7, 11) is 0. The first kappa shape index (κ1) is 12.3. The molecule has 1 aromatic heterocycles. The smallest absolute Gasteiger partial charge is 0.320 e. The van der Waals surface area contributed by atoms with Gasteiger partial charge < -0.3 is 14.8 Å². The molecule has 1 aliphatic heterocycles. The Labute approximate surface area is 110 Å². The van der Waals surface area contributed by atoms with Gasteiger partial charge in [0, 0.05) is 12.5 Å². The molecule has 3 rings (SSSR count). The minimum atomic E-state index is -0.316. The quantitative estimate of drug-likeness (QED) is 0.842. The minimum absolute atomic E-state index is 0.0749. The third kappa shape index (κ3) is 3.39. The first-order chi connectivity index (χ1) is 9.31. The molecule has 2 heterocycles. The molecular formula is C12H16N4O3. The van der Waals surface area contributed by atoms with E-state index in [2.05, 4.69) is 20.8 Å². The number of hydrogen-bond donors (Lipinski definition) is 2. The van der Waals surface area contributed by atoms with Crippen LogP contribution in [0.1, 0.15) is 24.5 Å². The second-order valence-electron chi connectivity index (χ2n) is 4.73. The fourth-order valence-electron chi connectivity index (χ4n) is 1.86. The molecule has 2 aliphatic rings. The van der Waals surface area contributed by atoms with Crippen molar-refractivity contribution in [2.75, 3.05) is 25.3 Å². The van der Waals surface area contributed by atoms with Crippen molar-refractivity contribution in [1.29, 1.82) is 0 Å². The SMILES string of the molecule is O=C(NCC1COCO1)Nc1ccc(C2CC2)nn1. The summed E-state index contributed by atoms with van der Waals surface area (Å²) in [5.41, 5.74) is 1.00. The molecule has 0 spiro atoms. The van der Waals surface area contributed by atoms with Crippen LogP contribution in [-0.4, -0.2) is 42.3 Å². The fourth-order valence-corrected chi connectivity index (χ4v) is 1.86. The Morgan fingerprint density at radius 1 is 1.37 bits per heavy atom. The van der Waals surface area contributed by atoms with Crippen molar-refractivity contribution in [3.63, 3.8) is 0 Å². The molecule has 1 aliphatic carbocycles. The van der Waals surface area contributed by atoms with E-state index in [0.717, 1.165) is 5.69 Å². The van der Waals surface area contributed by atoms with E-state index in [9.17, 15) is 4.79 Å². The highest BCUT2D eigenvalue weighted by Crippen LogP contribution is 2.38. The molecule has 1 atom stereocenters. The van der Waals surface area contributed by atoms with Gasteiger partial charge in [0.15, 0.2) is 5.82 Å². The van der Waals surface area contributed by atoms with E-state index in [1.54, 1.807) is 6.07 Å². The number of aromatic nitrogens is 2. The Bertz CT molecular complexity index is 441. The maximum absolute atomic E-state index is 11.6. The molecule has 1 saturated carbocycles. The molecule has 1 aromatic rings. The number of carbonyl (C=O) groups is 1. The molecule has 1 saturated heterocycles. The van der Waals surface area contributed by atoms with Crippen LogP contribution in [0.5, 0.6) is 0 Å². The van der Waals surface area contributed by atoms with Crippen molar-refractivity contribution in [2.45, 2.75) is 24.9 Å². The maximum Gasteiger partial charge on any atom is 0.320 e. The predicted octanol–water partition coefficient (Wildman–Crippen LogP) is 0.848. The molecule has 0 radical (unpaired) electrons. The van der Waals surface area contributed by atoms with Crippen LogP contribution in [0, 0.1) is 0 Å². The van der Waals surface area contributed by atoms with Crippen LogP contribution in [0.4, 0.5) is 10.6 Å². The van der Waals surface area contributed by atoms with Crippen molar-refractivity contribution in [3.8, 4) is 0 Å². The van der Waals surface area contributed by atoms with Crippen LogP contribution in [-0.2, 0) is 9.47 Å². The number of ether oxygens (including phenoxy) is 2. The third-order valence-corrected chi connectivity index (χ3v) is 3.10. The van der Waals surface area contributed by atoms with Crippen LogP contribution in [0.2, 0.25) is 0 Å². The minimum Gasteiger partial charge on any atom is -0.353 e. The summed E-state index contributed by atoms with van der Waals surface area (Å²) in [6.07, 6.45) is 2.30. The van der Waals surface area contributed by atoms with E-state index in [0.29, 0.717) is 31.7 Å². The molecule has 2 N–H and O–H groups in total. The van der Waals surface area contributed by atoms with Crippen molar-refractivity contribution in [1.82, 2.24) is 15.5 Å². The first-order valence-corrected chi connectivity index (χ1v) is 6.39. The molecular weight excluding hydrogens is 248 g/mol. The third-order valence-electron chi connectivity index (χ3n) is 3.10. The zero-order valence-corrected chi connectivity index (χ0v) is 10.5. The van der Waals surface area contributed by atoms with Gasteiger partial charge in [-0.15, -0.1) is 5.10 Å². The molecule has 7 nitrogen and oxygen atoms in total. The van der Waals surface area contributed by atoms with Gasteiger partial charge in [0.05, 0.1) is 12.3 Å². The van der Waals surface area contributed by atoms with Crippen LogP contribution >= 0.6 is 0 Å². The number of urea groups is 1. The Kier molecular flexibility index (Phi) is 3.56. The summed E-state index contributed by atoms with van der Waals surface area (Å²) < 4.78 is 10.2. The maximum atomic E-state index is 11.6. The zero-order valence-electron chi connectivity index (χ0n) is 10.5. The second kappa shape index (κ2) is 5.50. The highest BCUT2D eigenvalue weighted by molar-refractivity contribution is 5.88. The number of nitrogens with zero attached hydrogens (tertiary/aromatic N) is 2. The highest BCUT2D eigenvalue weighted by atomic mass is 16.7. The van der Waals surface area contributed by atoms with E-state index >= 15 is 0 Å². The van der Waals surface area contributed by atoms with Crippen molar-refractivity contribution in [3.05, 3.63) is 17.8 Å². The summed E-state index contributed by atoms with van der Waals surface area (Å²) in [4.78, 5) is 11.6. The van der Waals surface area contributed by atoms with Gasteiger partial charge in [-0.25, -0.2) is 4.79 Å². The molecule has 7 heteroatoms. The van der Waals surface area contributed by atoms with Gasteiger partial charge in [0.25, 0.3) is 0 Å².